The molecule has 0 bridgehead atoms. The lowest BCUT2D eigenvalue weighted by Crippen LogP contribution is -2.00. The lowest BCUT2D eigenvalue weighted by atomic mass is 10.3. The Hall–Kier alpha value is -1.03. The highest BCUT2D eigenvalue weighted by Crippen LogP contribution is 2.15. The van der Waals surface area contributed by atoms with Crippen molar-refractivity contribution in [1.29, 1.82) is 0 Å². The van der Waals surface area contributed by atoms with Crippen LogP contribution >= 0.6 is 15.9 Å². The molecule has 1 rings (SSSR count). The fraction of sp³-hybridized carbons (Fsp3) is 0.222. The largest absolute Gasteiger partial charge is 0.494 e. The molecule has 0 N–H and O–H groups in total. The van der Waals surface area contributed by atoms with E-state index in [1.54, 1.807) is 6.07 Å². The Kier molecular flexibility index (Phi) is 3.31. The van der Waals surface area contributed by atoms with Crippen LogP contribution in [0.15, 0.2) is 32.6 Å². The molecule has 0 aliphatic rings. The molecule has 0 unspecified atom stereocenters. The smallest absolute Gasteiger partial charge is 0.350 e. The van der Waals surface area contributed by atoms with Crippen LogP contribution in [-0.4, -0.2) is 6.61 Å². The van der Waals surface area contributed by atoms with Gasteiger partial charge in [-0.2, -0.15) is 0 Å². The molecular weight excluding hydrogens is 236 g/mol. The van der Waals surface area contributed by atoms with Crippen molar-refractivity contribution < 1.29 is 9.15 Å². The normalized spacial score (nSPS) is 9.69. The molecule has 0 spiro atoms. The van der Waals surface area contributed by atoms with Crippen LogP contribution in [0.1, 0.15) is 12.5 Å². The van der Waals surface area contributed by atoms with Gasteiger partial charge in [-0.3, -0.25) is 0 Å². The summed E-state index contributed by atoms with van der Waals surface area (Å²) in [6.45, 7) is 6.08. The van der Waals surface area contributed by atoms with Gasteiger partial charge in [0.05, 0.1) is 12.2 Å². The molecule has 1 aromatic rings. The Morgan fingerprint density at radius 2 is 2.46 bits per heavy atom. The van der Waals surface area contributed by atoms with E-state index in [0.717, 1.165) is 0 Å². The maximum absolute atomic E-state index is 10.9. The van der Waals surface area contributed by atoms with E-state index in [9.17, 15) is 4.79 Å². The van der Waals surface area contributed by atoms with Crippen molar-refractivity contribution in [3.05, 3.63) is 39.4 Å². The zero-order valence-corrected chi connectivity index (χ0v) is 8.76. The first-order chi connectivity index (χ1) is 6.15. The van der Waals surface area contributed by atoms with Gasteiger partial charge in [0.2, 0.25) is 0 Å². The SMILES string of the molecule is C=C(OCC)c1coc(=O)c(Br)c1. The molecular formula is C9H9BrO3. The number of hydrogen-bond acceptors (Lipinski definition) is 3. The summed E-state index contributed by atoms with van der Waals surface area (Å²) in [6.07, 6.45) is 1.32. The maximum atomic E-state index is 10.9. The van der Waals surface area contributed by atoms with Crippen LogP contribution < -0.4 is 5.63 Å². The quantitative estimate of drug-likeness (QED) is 0.767. The highest BCUT2D eigenvalue weighted by Gasteiger charge is 2.03. The predicted octanol–water partition coefficient (Wildman–Crippen LogP) is 2.41. The summed E-state index contributed by atoms with van der Waals surface area (Å²) in [5.74, 6) is 0.493. The van der Waals surface area contributed by atoms with Gasteiger partial charge < -0.3 is 9.15 Å². The number of ether oxygens (including phenoxy) is 1. The molecule has 0 aliphatic heterocycles. The number of rotatable bonds is 3. The van der Waals surface area contributed by atoms with Gasteiger partial charge in [0, 0.05) is 0 Å². The van der Waals surface area contributed by atoms with E-state index in [1.165, 1.54) is 6.26 Å². The first kappa shape index (κ1) is 10.1. The van der Waals surface area contributed by atoms with Crippen molar-refractivity contribution in [3.8, 4) is 0 Å². The van der Waals surface area contributed by atoms with Gasteiger partial charge in [0.25, 0.3) is 0 Å². The average molecular weight is 245 g/mol. The van der Waals surface area contributed by atoms with Gasteiger partial charge in [0.15, 0.2) is 0 Å². The second-order valence-corrected chi connectivity index (χ2v) is 3.18. The Morgan fingerprint density at radius 3 is 3.00 bits per heavy atom. The standard InChI is InChI=1S/C9H9BrO3/c1-3-12-6(2)7-4-8(10)9(11)13-5-7/h4-5H,2-3H2,1H3. The molecule has 13 heavy (non-hydrogen) atoms. The zero-order valence-electron chi connectivity index (χ0n) is 7.17. The molecule has 4 heteroatoms. The minimum atomic E-state index is -0.409. The van der Waals surface area contributed by atoms with Crippen molar-refractivity contribution in [2.24, 2.45) is 0 Å². The van der Waals surface area contributed by atoms with Gasteiger partial charge >= 0.3 is 5.63 Å². The summed E-state index contributed by atoms with van der Waals surface area (Å²) in [6, 6.07) is 1.61. The van der Waals surface area contributed by atoms with Crippen LogP contribution in [0.3, 0.4) is 0 Å². The third-order valence-electron chi connectivity index (χ3n) is 1.41. The van der Waals surface area contributed by atoms with Crippen LogP contribution in [0.5, 0.6) is 0 Å². The van der Waals surface area contributed by atoms with Crippen LogP contribution in [0, 0.1) is 0 Å². The van der Waals surface area contributed by atoms with Gasteiger partial charge in [-0.15, -0.1) is 0 Å². The van der Waals surface area contributed by atoms with Gasteiger partial charge in [-0.25, -0.2) is 4.79 Å². The second kappa shape index (κ2) is 4.28. The monoisotopic (exact) mass is 244 g/mol. The first-order valence-electron chi connectivity index (χ1n) is 3.75. The Bertz CT molecular complexity index is 367. The Balaban J connectivity index is 2.97. The van der Waals surface area contributed by atoms with Crippen LogP contribution in [0.25, 0.3) is 5.76 Å². The first-order valence-corrected chi connectivity index (χ1v) is 4.55. The minimum Gasteiger partial charge on any atom is -0.494 e. The van der Waals surface area contributed by atoms with Gasteiger partial charge in [-0.05, 0) is 28.9 Å². The van der Waals surface area contributed by atoms with E-state index in [2.05, 4.69) is 22.5 Å². The van der Waals surface area contributed by atoms with E-state index in [-0.39, 0.29) is 0 Å². The number of hydrogen-bond donors (Lipinski definition) is 0. The van der Waals surface area contributed by atoms with E-state index in [0.29, 0.717) is 22.4 Å². The highest BCUT2D eigenvalue weighted by molar-refractivity contribution is 9.10. The molecule has 3 nitrogen and oxygen atoms in total. The minimum absolute atomic E-state index is 0.367. The lowest BCUT2D eigenvalue weighted by molar-refractivity contribution is 0.297. The molecule has 70 valence electrons. The van der Waals surface area contributed by atoms with Crippen LogP contribution in [0.2, 0.25) is 0 Å². The zero-order chi connectivity index (χ0) is 9.84. The molecule has 1 aromatic heterocycles. The molecule has 0 saturated carbocycles. The molecule has 0 amide bonds. The fourth-order valence-electron chi connectivity index (χ4n) is 0.807. The van der Waals surface area contributed by atoms with E-state index in [1.807, 2.05) is 6.92 Å². The Labute approximate surface area is 84.1 Å². The fourth-order valence-corrected chi connectivity index (χ4v) is 1.15. The summed E-state index contributed by atoms with van der Waals surface area (Å²) in [4.78, 5) is 10.9. The topological polar surface area (TPSA) is 39.4 Å². The third-order valence-corrected chi connectivity index (χ3v) is 1.96. The molecule has 0 atom stereocenters. The summed E-state index contributed by atoms with van der Waals surface area (Å²) < 4.78 is 10.2. The average Bonchev–Trinajstić information content (AvgIpc) is 2.10. The summed E-state index contributed by atoms with van der Waals surface area (Å²) in [5, 5.41) is 0. The highest BCUT2D eigenvalue weighted by atomic mass is 79.9. The molecule has 0 saturated heterocycles. The third kappa shape index (κ3) is 2.45. The summed E-state index contributed by atoms with van der Waals surface area (Å²) in [7, 11) is 0. The van der Waals surface area contributed by atoms with E-state index in [4.69, 9.17) is 9.15 Å². The predicted molar refractivity (Wildman–Crippen MR) is 53.3 cm³/mol. The van der Waals surface area contributed by atoms with Gasteiger partial charge in [-0.1, -0.05) is 6.58 Å². The van der Waals surface area contributed by atoms with Crippen LogP contribution in [-0.2, 0) is 4.74 Å². The van der Waals surface area contributed by atoms with E-state index >= 15 is 0 Å². The van der Waals surface area contributed by atoms with Crippen molar-refractivity contribution in [2.45, 2.75) is 6.92 Å². The maximum Gasteiger partial charge on any atom is 0.350 e. The molecule has 0 radical (unpaired) electrons. The second-order valence-electron chi connectivity index (χ2n) is 2.33. The van der Waals surface area contributed by atoms with Gasteiger partial charge in [0.1, 0.15) is 16.5 Å². The molecule has 0 fully saturated rings. The van der Waals surface area contributed by atoms with Crippen molar-refractivity contribution >= 4 is 21.7 Å². The van der Waals surface area contributed by atoms with Crippen molar-refractivity contribution in [1.82, 2.24) is 0 Å². The lowest BCUT2D eigenvalue weighted by Gasteiger charge is -2.05. The molecule has 1 heterocycles. The molecule has 0 aromatic carbocycles. The Morgan fingerprint density at radius 1 is 1.77 bits per heavy atom. The van der Waals surface area contributed by atoms with Crippen molar-refractivity contribution in [3.63, 3.8) is 0 Å². The summed E-state index contributed by atoms with van der Waals surface area (Å²) in [5.41, 5.74) is 0.251. The molecule has 0 aliphatic carbocycles. The number of halogens is 1. The summed E-state index contributed by atoms with van der Waals surface area (Å²) >= 11 is 3.06. The van der Waals surface area contributed by atoms with Crippen LogP contribution in [0.4, 0.5) is 0 Å². The van der Waals surface area contributed by atoms with Crippen molar-refractivity contribution in [2.75, 3.05) is 6.61 Å². The van der Waals surface area contributed by atoms with E-state index < -0.39 is 5.63 Å².